The first kappa shape index (κ1) is 18.8. The molecular weight excluding hydrogens is 381 g/mol. The third kappa shape index (κ3) is 4.65. The number of hydrogen-bond donors (Lipinski definition) is 1. The number of piperidine rings is 1. The standard InChI is InChI=1S/C20H24FN3OS2/c21-15-3-4-16-17(13-15)25-23-20(16)14-7-10-24(11-8-14)9-1-2-12-26-19-6-5-18(22)27-19/h3-6,13-14H,1-2,7-12,22H2. The Kier molecular flexibility index (Phi) is 6.00. The molecule has 1 aliphatic heterocycles. The predicted octanol–water partition coefficient (Wildman–Crippen LogP) is 5.36. The van der Waals surface area contributed by atoms with E-state index in [0.717, 1.165) is 54.3 Å². The third-order valence-corrected chi connectivity index (χ3v) is 7.38. The highest BCUT2D eigenvalue weighted by Crippen LogP contribution is 2.33. The van der Waals surface area contributed by atoms with Gasteiger partial charge in [-0.05, 0) is 75.3 Å². The summed E-state index contributed by atoms with van der Waals surface area (Å²) in [6.45, 7) is 3.34. The predicted molar refractivity (Wildman–Crippen MR) is 111 cm³/mol. The van der Waals surface area contributed by atoms with Gasteiger partial charge in [-0.3, -0.25) is 0 Å². The highest BCUT2D eigenvalue weighted by molar-refractivity contribution is 8.01. The quantitative estimate of drug-likeness (QED) is 0.423. The molecule has 0 radical (unpaired) electrons. The van der Waals surface area contributed by atoms with Crippen molar-refractivity contribution in [3.8, 4) is 0 Å². The Labute approximate surface area is 166 Å². The molecule has 2 aromatic heterocycles. The van der Waals surface area contributed by atoms with Gasteiger partial charge in [-0.1, -0.05) is 5.16 Å². The van der Waals surface area contributed by atoms with Crippen LogP contribution in [0.1, 0.15) is 37.3 Å². The summed E-state index contributed by atoms with van der Waals surface area (Å²) < 4.78 is 19.9. The summed E-state index contributed by atoms with van der Waals surface area (Å²) in [5.74, 6) is 1.28. The highest BCUT2D eigenvalue weighted by atomic mass is 32.2. The molecule has 0 spiro atoms. The lowest BCUT2D eigenvalue weighted by molar-refractivity contribution is 0.207. The molecule has 1 aromatic carbocycles. The molecule has 0 amide bonds. The van der Waals surface area contributed by atoms with E-state index in [2.05, 4.69) is 16.1 Å². The van der Waals surface area contributed by atoms with Gasteiger partial charge >= 0.3 is 0 Å². The van der Waals surface area contributed by atoms with Crippen LogP contribution in [0.3, 0.4) is 0 Å². The van der Waals surface area contributed by atoms with Gasteiger partial charge in [0.05, 0.1) is 14.9 Å². The van der Waals surface area contributed by atoms with E-state index in [1.807, 2.05) is 17.8 Å². The van der Waals surface area contributed by atoms with E-state index >= 15 is 0 Å². The molecule has 0 aliphatic carbocycles. The molecule has 7 heteroatoms. The zero-order chi connectivity index (χ0) is 18.6. The van der Waals surface area contributed by atoms with Crippen LogP contribution in [-0.2, 0) is 0 Å². The first-order valence-corrected chi connectivity index (χ1v) is 11.2. The Morgan fingerprint density at radius 3 is 2.85 bits per heavy atom. The number of nitrogen functional groups attached to an aromatic ring is 1. The van der Waals surface area contributed by atoms with Crippen molar-refractivity contribution in [3.63, 3.8) is 0 Å². The van der Waals surface area contributed by atoms with Crippen molar-refractivity contribution in [2.75, 3.05) is 31.1 Å². The topological polar surface area (TPSA) is 55.3 Å². The van der Waals surface area contributed by atoms with Crippen LogP contribution < -0.4 is 5.73 Å². The first-order chi connectivity index (χ1) is 13.2. The number of benzene rings is 1. The molecule has 4 rings (SSSR count). The number of hydrogen-bond acceptors (Lipinski definition) is 6. The van der Waals surface area contributed by atoms with Gasteiger partial charge in [0.15, 0.2) is 5.58 Å². The Morgan fingerprint density at radius 1 is 1.22 bits per heavy atom. The highest BCUT2D eigenvalue weighted by Gasteiger charge is 2.24. The number of likely N-dealkylation sites (tertiary alicyclic amines) is 1. The van der Waals surface area contributed by atoms with Gasteiger partial charge in [0.25, 0.3) is 0 Å². The molecule has 4 nitrogen and oxygen atoms in total. The van der Waals surface area contributed by atoms with E-state index in [1.165, 1.54) is 29.2 Å². The minimum absolute atomic E-state index is 0.277. The number of nitrogens with two attached hydrogens (primary N) is 1. The number of aromatic nitrogens is 1. The fourth-order valence-electron chi connectivity index (χ4n) is 3.68. The van der Waals surface area contributed by atoms with Crippen molar-refractivity contribution in [1.82, 2.24) is 10.1 Å². The number of nitrogens with zero attached hydrogens (tertiary/aromatic N) is 2. The average Bonchev–Trinajstić information content (AvgIpc) is 3.27. The fraction of sp³-hybridized carbons (Fsp3) is 0.450. The van der Waals surface area contributed by atoms with Gasteiger partial charge in [-0.15, -0.1) is 23.1 Å². The molecule has 27 heavy (non-hydrogen) atoms. The molecule has 1 saturated heterocycles. The molecular formula is C20H24FN3OS2. The summed E-state index contributed by atoms with van der Waals surface area (Å²) in [5.41, 5.74) is 7.31. The molecule has 1 aliphatic rings. The van der Waals surface area contributed by atoms with Crippen LogP contribution in [0.5, 0.6) is 0 Å². The Hall–Kier alpha value is -1.57. The second-order valence-corrected chi connectivity index (χ2v) is 9.55. The van der Waals surface area contributed by atoms with Gasteiger partial charge in [-0.25, -0.2) is 4.39 Å². The van der Waals surface area contributed by atoms with E-state index in [1.54, 1.807) is 17.4 Å². The molecule has 0 bridgehead atoms. The van der Waals surface area contributed by atoms with Crippen LogP contribution in [0.4, 0.5) is 9.39 Å². The number of thiophene rings is 1. The number of rotatable bonds is 7. The summed E-state index contributed by atoms with van der Waals surface area (Å²) in [6.07, 6.45) is 4.62. The van der Waals surface area contributed by atoms with Crippen molar-refractivity contribution in [2.45, 2.75) is 35.8 Å². The van der Waals surface area contributed by atoms with Gasteiger partial charge in [0.1, 0.15) is 5.82 Å². The summed E-state index contributed by atoms with van der Waals surface area (Å²) in [4.78, 5) is 2.55. The molecule has 0 saturated carbocycles. The molecule has 3 heterocycles. The smallest absolute Gasteiger partial charge is 0.170 e. The van der Waals surface area contributed by atoms with E-state index in [-0.39, 0.29) is 5.82 Å². The number of fused-ring (bicyclic) bond motifs is 1. The van der Waals surface area contributed by atoms with Crippen molar-refractivity contribution in [2.24, 2.45) is 0 Å². The lowest BCUT2D eigenvalue weighted by atomic mass is 9.91. The Morgan fingerprint density at radius 2 is 2.07 bits per heavy atom. The Balaban J connectivity index is 1.19. The minimum Gasteiger partial charge on any atom is -0.391 e. The summed E-state index contributed by atoms with van der Waals surface area (Å²) in [7, 11) is 0. The monoisotopic (exact) mass is 405 g/mol. The van der Waals surface area contributed by atoms with Gasteiger partial charge in [0, 0.05) is 17.4 Å². The first-order valence-electron chi connectivity index (χ1n) is 9.44. The maximum absolute atomic E-state index is 13.3. The number of thioether (sulfide) groups is 1. The van der Waals surface area contributed by atoms with Crippen LogP contribution in [0.25, 0.3) is 11.0 Å². The van der Waals surface area contributed by atoms with Crippen molar-refractivity contribution >= 4 is 39.1 Å². The largest absolute Gasteiger partial charge is 0.391 e. The van der Waals surface area contributed by atoms with Crippen molar-refractivity contribution in [3.05, 3.63) is 41.8 Å². The molecule has 0 unspecified atom stereocenters. The van der Waals surface area contributed by atoms with E-state index in [4.69, 9.17) is 10.3 Å². The number of halogens is 1. The number of anilines is 1. The molecule has 1 fully saturated rings. The van der Waals surface area contributed by atoms with E-state index in [9.17, 15) is 4.39 Å². The van der Waals surface area contributed by atoms with Crippen LogP contribution >= 0.6 is 23.1 Å². The third-order valence-electron chi connectivity index (χ3n) is 5.15. The molecule has 3 aromatic rings. The average molecular weight is 406 g/mol. The maximum Gasteiger partial charge on any atom is 0.170 e. The van der Waals surface area contributed by atoms with Crippen LogP contribution in [0.15, 0.2) is 39.1 Å². The Bertz CT molecular complexity index is 886. The summed E-state index contributed by atoms with van der Waals surface area (Å²) >= 11 is 3.57. The van der Waals surface area contributed by atoms with Gasteiger partial charge < -0.3 is 15.2 Å². The van der Waals surface area contributed by atoms with Crippen LogP contribution in [0.2, 0.25) is 0 Å². The van der Waals surface area contributed by atoms with E-state index in [0.29, 0.717) is 11.5 Å². The van der Waals surface area contributed by atoms with Gasteiger partial charge in [0.2, 0.25) is 0 Å². The normalized spacial score (nSPS) is 16.3. The second-order valence-electron chi connectivity index (χ2n) is 7.04. The van der Waals surface area contributed by atoms with Crippen LogP contribution in [-0.4, -0.2) is 35.4 Å². The summed E-state index contributed by atoms with van der Waals surface area (Å²) in [5, 5.41) is 6.08. The van der Waals surface area contributed by atoms with Crippen molar-refractivity contribution in [1.29, 1.82) is 0 Å². The summed E-state index contributed by atoms with van der Waals surface area (Å²) in [6, 6.07) is 8.79. The molecule has 0 atom stereocenters. The number of unbranched alkanes of at least 4 members (excludes halogenated alkanes) is 1. The zero-order valence-corrected chi connectivity index (χ0v) is 16.8. The van der Waals surface area contributed by atoms with E-state index < -0.39 is 0 Å². The lowest BCUT2D eigenvalue weighted by Gasteiger charge is -2.31. The van der Waals surface area contributed by atoms with Crippen LogP contribution in [0, 0.1) is 5.82 Å². The van der Waals surface area contributed by atoms with Crippen molar-refractivity contribution < 1.29 is 8.91 Å². The minimum atomic E-state index is -0.277. The lowest BCUT2D eigenvalue weighted by Crippen LogP contribution is -2.33. The molecule has 144 valence electrons. The fourth-order valence-corrected chi connectivity index (χ4v) is 5.67. The zero-order valence-electron chi connectivity index (χ0n) is 15.2. The maximum atomic E-state index is 13.3. The second kappa shape index (κ2) is 8.63. The molecule has 2 N–H and O–H groups in total. The van der Waals surface area contributed by atoms with Gasteiger partial charge in [-0.2, -0.15) is 0 Å². The SMILES string of the molecule is Nc1ccc(SCCCCN2CCC(c3noc4cc(F)ccc34)CC2)s1.